The van der Waals surface area contributed by atoms with Gasteiger partial charge in [0.05, 0.1) is 12.5 Å². The van der Waals surface area contributed by atoms with Crippen LogP contribution in [0.15, 0.2) is 24.4 Å². The molecule has 2 heterocycles. The number of nitrogens with zero attached hydrogens (tertiary/aromatic N) is 1. The van der Waals surface area contributed by atoms with Crippen LogP contribution in [0.1, 0.15) is 18.5 Å². The van der Waals surface area contributed by atoms with Gasteiger partial charge in [0, 0.05) is 18.4 Å². The predicted octanol–water partition coefficient (Wildman–Crippen LogP) is 0.372. The lowest BCUT2D eigenvalue weighted by molar-refractivity contribution is -0.149. The number of carbonyl (C=O) groups is 2. The van der Waals surface area contributed by atoms with E-state index in [0.717, 1.165) is 0 Å². The summed E-state index contributed by atoms with van der Waals surface area (Å²) in [6.07, 6.45) is 2.05. The van der Waals surface area contributed by atoms with Gasteiger partial charge in [0.25, 0.3) is 0 Å². The van der Waals surface area contributed by atoms with Gasteiger partial charge in [-0.2, -0.15) is 0 Å². The number of aromatic nitrogens is 1. The molecule has 1 aliphatic rings. The van der Waals surface area contributed by atoms with Gasteiger partial charge in [0.1, 0.15) is 0 Å². The van der Waals surface area contributed by atoms with Crippen molar-refractivity contribution in [3.63, 3.8) is 0 Å². The lowest BCUT2D eigenvalue weighted by atomic mass is 10.2. The van der Waals surface area contributed by atoms with Crippen LogP contribution in [-0.4, -0.2) is 40.7 Å². The Morgan fingerprint density at radius 1 is 1.42 bits per heavy atom. The summed E-state index contributed by atoms with van der Waals surface area (Å²) in [4.78, 5) is 26.4. The number of carboxylic acids is 1. The number of ether oxygens (including phenoxy) is 1. The number of rotatable bonds is 5. The molecule has 6 heteroatoms. The van der Waals surface area contributed by atoms with Crippen LogP contribution in [0, 0.1) is 0 Å². The lowest BCUT2D eigenvalue weighted by Gasteiger charge is -2.12. The highest BCUT2D eigenvalue weighted by molar-refractivity contribution is 5.78. The van der Waals surface area contributed by atoms with Gasteiger partial charge in [-0.1, -0.05) is 6.07 Å². The van der Waals surface area contributed by atoms with E-state index < -0.39 is 12.1 Å². The van der Waals surface area contributed by atoms with Crippen LogP contribution >= 0.6 is 0 Å². The molecule has 2 N–H and O–H groups in total. The van der Waals surface area contributed by atoms with Crippen molar-refractivity contribution in [3.8, 4) is 0 Å². The fourth-order valence-corrected chi connectivity index (χ4v) is 1.99. The van der Waals surface area contributed by atoms with Crippen molar-refractivity contribution in [2.45, 2.75) is 31.5 Å². The molecule has 1 aliphatic heterocycles. The Balaban J connectivity index is 1.71. The summed E-state index contributed by atoms with van der Waals surface area (Å²) in [5.41, 5.74) is 0.704. The Morgan fingerprint density at radius 2 is 2.26 bits per heavy atom. The Kier molecular flexibility index (Phi) is 4.46. The summed E-state index contributed by atoms with van der Waals surface area (Å²) in [5, 5.41) is 11.5. The molecular weight excluding hydrogens is 248 g/mol. The second kappa shape index (κ2) is 6.29. The van der Waals surface area contributed by atoms with E-state index in [2.05, 4.69) is 10.3 Å². The molecule has 1 amide bonds. The van der Waals surface area contributed by atoms with Gasteiger partial charge in [-0.05, 0) is 25.0 Å². The summed E-state index contributed by atoms with van der Waals surface area (Å²) in [7, 11) is 0. The molecule has 0 aromatic carbocycles. The number of carbonyl (C=O) groups excluding carboxylic acids is 1. The molecule has 2 rings (SSSR count). The van der Waals surface area contributed by atoms with Gasteiger partial charge >= 0.3 is 5.97 Å². The van der Waals surface area contributed by atoms with Crippen molar-refractivity contribution >= 4 is 11.9 Å². The van der Waals surface area contributed by atoms with Gasteiger partial charge < -0.3 is 15.2 Å². The fourth-order valence-electron chi connectivity index (χ4n) is 1.99. The van der Waals surface area contributed by atoms with E-state index in [1.165, 1.54) is 0 Å². The third kappa shape index (κ3) is 4.03. The van der Waals surface area contributed by atoms with E-state index in [1.54, 1.807) is 18.3 Å². The number of nitrogens with one attached hydrogen (secondary N) is 1. The van der Waals surface area contributed by atoms with E-state index in [-0.39, 0.29) is 18.4 Å². The van der Waals surface area contributed by atoms with Crippen LogP contribution in [0.2, 0.25) is 0 Å². The third-order valence-electron chi connectivity index (χ3n) is 2.98. The molecule has 0 spiro atoms. The van der Waals surface area contributed by atoms with Gasteiger partial charge in [0.15, 0.2) is 6.10 Å². The Labute approximate surface area is 110 Å². The third-order valence-corrected chi connectivity index (χ3v) is 2.98. The summed E-state index contributed by atoms with van der Waals surface area (Å²) in [6.45, 7) is 0.343. The van der Waals surface area contributed by atoms with Crippen LogP contribution in [-0.2, 0) is 20.7 Å². The zero-order chi connectivity index (χ0) is 13.7. The zero-order valence-corrected chi connectivity index (χ0v) is 10.4. The van der Waals surface area contributed by atoms with Crippen LogP contribution in [0.4, 0.5) is 0 Å². The number of pyridine rings is 1. The first kappa shape index (κ1) is 13.5. The van der Waals surface area contributed by atoms with E-state index in [0.29, 0.717) is 25.1 Å². The molecule has 0 bridgehead atoms. The van der Waals surface area contributed by atoms with Gasteiger partial charge in [-0.25, -0.2) is 4.79 Å². The molecule has 19 heavy (non-hydrogen) atoms. The van der Waals surface area contributed by atoms with Crippen molar-refractivity contribution < 1.29 is 19.4 Å². The largest absolute Gasteiger partial charge is 0.479 e. The minimum absolute atomic E-state index is 0.138. The molecule has 1 saturated heterocycles. The standard InChI is InChI=1S/C13H16N2O4/c16-12(7-9-3-1-2-6-14-9)15-8-10-4-5-11(19-10)13(17)18/h1-3,6,10-11H,4-5,7-8H2,(H,15,16)(H,17,18). The quantitative estimate of drug-likeness (QED) is 0.802. The van der Waals surface area contributed by atoms with Crippen LogP contribution in [0.25, 0.3) is 0 Å². The molecule has 0 aliphatic carbocycles. The minimum atomic E-state index is -0.942. The molecule has 2 atom stereocenters. The summed E-state index contributed by atoms with van der Waals surface area (Å²) < 4.78 is 5.29. The topological polar surface area (TPSA) is 88.5 Å². The monoisotopic (exact) mass is 264 g/mol. The Hall–Kier alpha value is -1.95. The highest BCUT2D eigenvalue weighted by atomic mass is 16.5. The molecule has 102 valence electrons. The summed E-state index contributed by atoms with van der Waals surface area (Å²) in [5.74, 6) is -1.08. The number of carboxylic acid groups (broad SMARTS) is 1. The number of hydrogen-bond donors (Lipinski definition) is 2. The first-order chi connectivity index (χ1) is 9.15. The van der Waals surface area contributed by atoms with Crippen molar-refractivity contribution in [1.82, 2.24) is 10.3 Å². The van der Waals surface area contributed by atoms with Gasteiger partial charge in [-0.3, -0.25) is 9.78 Å². The fraction of sp³-hybridized carbons (Fsp3) is 0.462. The Bertz CT molecular complexity index is 449. The van der Waals surface area contributed by atoms with Crippen LogP contribution in [0.5, 0.6) is 0 Å². The molecule has 6 nitrogen and oxygen atoms in total. The van der Waals surface area contributed by atoms with Gasteiger partial charge in [-0.15, -0.1) is 0 Å². The van der Waals surface area contributed by atoms with E-state index in [9.17, 15) is 9.59 Å². The number of amides is 1. The van der Waals surface area contributed by atoms with E-state index >= 15 is 0 Å². The highest BCUT2D eigenvalue weighted by Crippen LogP contribution is 2.19. The normalized spacial score (nSPS) is 22.1. The van der Waals surface area contributed by atoms with Crippen molar-refractivity contribution in [1.29, 1.82) is 0 Å². The lowest BCUT2D eigenvalue weighted by Crippen LogP contribution is -2.34. The zero-order valence-electron chi connectivity index (χ0n) is 10.4. The first-order valence-electron chi connectivity index (χ1n) is 6.20. The highest BCUT2D eigenvalue weighted by Gasteiger charge is 2.30. The summed E-state index contributed by atoms with van der Waals surface area (Å²) in [6, 6.07) is 5.40. The minimum Gasteiger partial charge on any atom is -0.479 e. The molecule has 2 unspecified atom stereocenters. The second-order valence-electron chi connectivity index (χ2n) is 4.46. The van der Waals surface area contributed by atoms with Gasteiger partial charge in [0.2, 0.25) is 5.91 Å². The van der Waals surface area contributed by atoms with Crippen LogP contribution < -0.4 is 5.32 Å². The smallest absolute Gasteiger partial charge is 0.332 e. The first-order valence-corrected chi connectivity index (χ1v) is 6.20. The number of aliphatic carboxylic acids is 1. The number of hydrogen-bond acceptors (Lipinski definition) is 4. The second-order valence-corrected chi connectivity index (χ2v) is 4.46. The molecular formula is C13H16N2O4. The average molecular weight is 264 g/mol. The van der Waals surface area contributed by atoms with E-state index in [4.69, 9.17) is 9.84 Å². The van der Waals surface area contributed by atoms with Crippen molar-refractivity contribution in [2.75, 3.05) is 6.54 Å². The Morgan fingerprint density at radius 3 is 2.89 bits per heavy atom. The molecule has 0 radical (unpaired) electrons. The van der Waals surface area contributed by atoms with Crippen molar-refractivity contribution in [2.24, 2.45) is 0 Å². The molecule has 1 aromatic rings. The maximum absolute atomic E-state index is 11.7. The average Bonchev–Trinajstić information content (AvgIpc) is 2.86. The van der Waals surface area contributed by atoms with Crippen LogP contribution in [0.3, 0.4) is 0 Å². The maximum atomic E-state index is 11.7. The molecule has 1 aromatic heterocycles. The molecule has 0 saturated carbocycles. The molecule has 1 fully saturated rings. The maximum Gasteiger partial charge on any atom is 0.332 e. The summed E-state index contributed by atoms with van der Waals surface area (Å²) >= 11 is 0. The predicted molar refractivity (Wildman–Crippen MR) is 66.5 cm³/mol. The van der Waals surface area contributed by atoms with Crippen molar-refractivity contribution in [3.05, 3.63) is 30.1 Å². The van der Waals surface area contributed by atoms with E-state index in [1.807, 2.05) is 6.07 Å². The SMILES string of the molecule is O=C(Cc1ccccn1)NCC1CCC(C(=O)O)O1.